The molecular formula is C60H34N2O3. The monoisotopic (exact) mass is 830 g/mol. The van der Waals surface area contributed by atoms with E-state index >= 15 is 0 Å². The minimum atomic E-state index is 0.862. The van der Waals surface area contributed by atoms with Gasteiger partial charge >= 0.3 is 0 Å². The molecule has 0 fully saturated rings. The largest absolute Gasteiger partial charge is 0.456 e. The number of aromatic nitrogens is 2. The molecule has 0 radical (unpaired) electrons. The molecule has 0 saturated carbocycles. The van der Waals surface area contributed by atoms with E-state index in [1.165, 1.54) is 43.6 Å². The van der Waals surface area contributed by atoms with E-state index in [2.05, 4.69) is 215 Å². The summed E-state index contributed by atoms with van der Waals surface area (Å²) >= 11 is 0. The molecule has 5 aromatic heterocycles. The zero-order valence-corrected chi connectivity index (χ0v) is 34.7. The van der Waals surface area contributed by atoms with Crippen LogP contribution in [0.1, 0.15) is 0 Å². The van der Waals surface area contributed by atoms with Gasteiger partial charge in [0.1, 0.15) is 33.5 Å². The summed E-state index contributed by atoms with van der Waals surface area (Å²) < 4.78 is 24.0. The molecule has 15 rings (SSSR count). The lowest BCUT2D eigenvalue weighted by Gasteiger charge is -2.08. The Hall–Kier alpha value is -8.80. The van der Waals surface area contributed by atoms with Crippen LogP contribution in [0, 0.1) is 0 Å². The molecule has 5 nitrogen and oxygen atoms in total. The predicted octanol–water partition coefficient (Wildman–Crippen LogP) is 16.9. The summed E-state index contributed by atoms with van der Waals surface area (Å²) in [6.07, 6.45) is 0. The maximum Gasteiger partial charge on any atom is 0.135 e. The fourth-order valence-electron chi connectivity index (χ4n) is 10.7. The van der Waals surface area contributed by atoms with Crippen LogP contribution in [0.15, 0.2) is 220 Å². The average Bonchev–Trinajstić information content (AvgIpc) is 4.17. The van der Waals surface area contributed by atoms with Crippen LogP contribution < -0.4 is 0 Å². The Morgan fingerprint density at radius 2 is 0.462 bits per heavy atom. The summed E-state index contributed by atoms with van der Waals surface area (Å²) in [6, 6.07) is 73.7. The first-order valence-corrected chi connectivity index (χ1v) is 22.1. The van der Waals surface area contributed by atoms with Crippen molar-refractivity contribution in [2.45, 2.75) is 0 Å². The van der Waals surface area contributed by atoms with E-state index in [9.17, 15) is 0 Å². The summed E-state index contributed by atoms with van der Waals surface area (Å²) in [4.78, 5) is 0. The second kappa shape index (κ2) is 12.9. The molecule has 0 aliphatic carbocycles. The molecule has 10 aromatic carbocycles. The van der Waals surface area contributed by atoms with Crippen LogP contribution in [0.2, 0.25) is 0 Å². The normalized spacial score (nSPS) is 12.3. The van der Waals surface area contributed by atoms with Gasteiger partial charge in [-0.05, 0) is 131 Å². The molecule has 0 bridgehead atoms. The van der Waals surface area contributed by atoms with Crippen LogP contribution >= 0.6 is 0 Å². The van der Waals surface area contributed by atoms with Gasteiger partial charge in [-0.2, -0.15) is 0 Å². The SMILES string of the molecule is c1ccc2c(c1)c1ccccc1n2-c1ccc2oc3ccc(-c4ccc5oc6ccc(-c7ccc8oc9ccc(-n%10c%11ccccc%11c%11ccccc%11%10)cc9c8c7)cc6c5c4)cc3c2c1. The van der Waals surface area contributed by atoms with Gasteiger partial charge < -0.3 is 22.4 Å². The van der Waals surface area contributed by atoms with E-state index in [0.717, 1.165) is 99.4 Å². The topological polar surface area (TPSA) is 49.3 Å². The third-order valence-electron chi connectivity index (χ3n) is 13.7. The number of rotatable bonds is 4. The Morgan fingerprint density at radius 3 is 0.754 bits per heavy atom. The highest BCUT2D eigenvalue weighted by Gasteiger charge is 2.18. The van der Waals surface area contributed by atoms with Crippen molar-refractivity contribution in [1.82, 2.24) is 9.13 Å². The number of hydrogen-bond acceptors (Lipinski definition) is 3. The van der Waals surface area contributed by atoms with Crippen LogP contribution in [0.4, 0.5) is 0 Å². The third kappa shape index (κ3) is 4.98. The maximum atomic E-state index is 6.45. The highest BCUT2D eigenvalue weighted by molar-refractivity contribution is 6.14. The van der Waals surface area contributed by atoms with Crippen molar-refractivity contribution in [3.63, 3.8) is 0 Å². The molecule has 302 valence electrons. The smallest absolute Gasteiger partial charge is 0.135 e. The van der Waals surface area contributed by atoms with Crippen molar-refractivity contribution in [1.29, 1.82) is 0 Å². The van der Waals surface area contributed by atoms with Crippen molar-refractivity contribution in [2.24, 2.45) is 0 Å². The summed E-state index contributed by atoms with van der Waals surface area (Å²) in [5, 5.41) is 11.5. The molecule has 0 atom stereocenters. The maximum absolute atomic E-state index is 6.45. The van der Waals surface area contributed by atoms with Crippen molar-refractivity contribution >= 4 is 109 Å². The second-order valence-electron chi connectivity index (χ2n) is 17.3. The minimum absolute atomic E-state index is 0.862. The number of hydrogen-bond donors (Lipinski definition) is 0. The fraction of sp³-hybridized carbons (Fsp3) is 0. The Balaban J connectivity index is 0.828. The van der Waals surface area contributed by atoms with Crippen LogP contribution in [-0.2, 0) is 0 Å². The predicted molar refractivity (Wildman–Crippen MR) is 268 cm³/mol. The van der Waals surface area contributed by atoms with Gasteiger partial charge in [0, 0.05) is 65.2 Å². The zero-order valence-electron chi connectivity index (χ0n) is 34.7. The number of para-hydroxylation sites is 4. The van der Waals surface area contributed by atoms with E-state index < -0.39 is 0 Å². The number of fused-ring (bicyclic) bond motifs is 15. The number of furan rings is 3. The first-order valence-electron chi connectivity index (χ1n) is 22.1. The quantitative estimate of drug-likeness (QED) is 0.177. The van der Waals surface area contributed by atoms with Crippen molar-refractivity contribution in [3.05, 3.63) is 206 Å². The molecule has 0 unspecified atom stereocenters. The van der Waals surface area contributed by atoms with Crippen LogP contribution in [0.3, 0.4) is 0 Å². The zero-order chi connectivity index (χ0) is 42.3. The molecule has 5 heterocycles. The van der Waals surface area contributed by atoms with E-state index in [0.29, 0.717) is 0 Å². The molecule has 5 heteroatoms. The fourth-order valence-corrected chi connectivity index (χ4v) is 10.7. The third-order valence-corrected chi connectivity index (χ3v) is 13.7. The molecule has 15 aromatic rings. The first-order chi connectivity index (χ1) is 32.2. The Bertz CT molecular complexity index is 4100. The van der Waals surface area contributed by atoms with Gasteiger partial charge in [0.25, 0.3) is 0 Å². The Morgan fingerprint density at radius 1 is 0.215 bits per heavy atom. The number of benzene rings is 10. The summed E-state index contributed by atoms with van der Waals surface area (Å²) in [5.74, 6) is 0. The van der Waals surface area contributed by atoms with Crippen molar-refractivity contribution in [3.8, 4) is 33.6 Å². The molecule has 0 saturated heterocycles. The van der Waals surface area contributed by atoms with Crippen LogP contribution in [0.5, 0.6) is 0 Å². The summed E-state index contributed by atoms with van der Waals surface area (Å²) in [6.45, 7) is 0. The molecule has 0 aliphatic heterocycles. The van der Waals surface area contributed by atoms with Gasteiger partial charge in [-0.3, -0.25) is 0 Å². The summed E-state index contributed by atoms with van der Waals surface area (Å²) in [5.41, 5.74) is 16.6. The second-order valence-corrected chi connectivity index (χ2v) is 17.3. The van der Waals surface area contributed by atoms with Gasteiger partial charge in [-0.1, -0.05) is 97.1 Å². The molecule has 0 spiro atoms. The molecule has 0 aliphatic rings. The van der Waals surface area contributed by atoms with E-state index in [1.54, 1.807) is 0 Å². The first kappa shape index (κ1) is 34.7. The standard InChI is InChI=1S/C60H34N2O3/c1-5-13-51-41(9-1)42-10-2-6-14-52(42)61(51)39-21-27-59-49(33-39)47-31-37(19-25-57(47)64-59)35-17-23-55-45(29-35)46-30-36(18-24-56(46)63-55)38-20-26-58-48(32-38)50-34-40(22-28-60(50)65-58)62-53-15-7-3-11-43(53)44-12-4-8-16-54(44)62/h1-34H. The lowest BCUT2D eigenvalue weighted by atomic mass is 9.98. The molecular weight excluding hydrogens is 797 g/mol. The van der Waals surface area contributed by atoms with Gasteiger partial charge in [-0.15, -0.1) is 0 Å². The average molecular weight is 831 g/mol. The summed E-state index contributed by atoms with van der Waals surface area (Å²) in [7, 11) is 0. The highest BCUT2D eigenvalue weighted by atomic mass is 16.3. The van der Waals surface area contributed by atoms with E-state index in [-0.39, 0.29) is 0 Å². The van der Waals surface area contributed by atoms with Crippen molar-refractivity contribution in [2.75, 3.05) is 0 Å². The Kier molecular flexibility index (Phi) is 6.89. The van der Waals surface area contributed by atoms with E-state index in [4.69, 9.17) is 13.3 Å². The van der Waals surface area contributed by atoms with Gasteiger partial charge in [0.15, 0.2) is 0 Å². The van der Waals surface area contributed by atoms with Gasteiger partial charge in [-0.25, -0.2) is 0 Å². The van der Waals surface area contributed by atoms with Crippen LogP contribution in [-0.4, -0.2) is 9.13 Å². The minimum Gasteiger partial charge on any atom is -0.456 e. The molecule has 0 N–H and O–H groups in total. The van der Waals surface area contributed by atoms with Crippen molar-refractivity contribution < 1.29 is 13.3 Å². The van der Waals surface area contributed by atoms with Crippen LogP contribution in [0.25, 0.3) is 143 Å². The van der Waals surface area contributed by atoms with Gasteiger partial charge in [0.05, 0.1) is 22.1 Å². The number of nitrogens with zero attached hydrogens (tertiary/aromatic N) is 2. The van der Waals surface area contributed by atoms with Gasteiger partial charge in [0.2, 0.25) is 0 Å². The molecule has 65 heavy (non-hydrogen) atoms. The Labute approximate surface area is 370 Å². The lowest BCUT2D eigenvalue weighted by molar-refractivity contribution is 0.668. The van der Waals surface area contributed by atoms with E-state index in [1.807, 2.05) is 0 Å². The molecule has 0 amide bonds. The lowest BCUT2D eigenvalue weighted by Crippen LogP contribution is -1.93. The highest BCUT2D eigenvalue weighted by Crippen LogP contribution is 2.41.